The number of thiazole rings is 1. The van der Waals surface area contributed by atoms with Crippen LogP contribution in [-0.2, 0) is 22.4 Å². The van der Waals surface area contributed by atoms with Gasteiger partial charge < -0.3 is 10.1 Å². The third kappa shape index (κ3) is 4.26. The molecule has 0 saturated carbocycles. The number of hydrogen-bond donors (Lipinski definition) is 1. The first-order valence-corrected chi connectivity index (χ1v) is 7.46. The molecule has 0 atom stereocenters. The second kappa shape index (κ2) is 6.98. The summed E-state index contributed by atoms with van der Waals surface area (Å²) in [5, 5.41) is 3.64. The van der Waals surface area contributed by atoms with Crippen LogP contribution >= 0.6 is 11.3 Å². The standard InChI is InChI=1S/C13H21N3O2S/c1-16(7-4-8-18-2)9-12(17)15-13-14-10-5-3-6-11(10)19-13/h3-9H2,1-2H3,(H,14,15,17). The first-order valence-electron chi connectivity index (χ1n) is 6.65. The second-order valence-corrected chi connectivity index (χ2v) is 5.96. The van der Waals surface area contributed by atoms with E-state index in [1.165, 1.54) is 17.0 Å². The molecule has 1 amide bonds. The van der Waals surface area contributed by atoms with Gasteiger partial charge in [0, 0.05) is 25.1 Å². The van der Waals surface area contributed by atoms with Crippen LogP contribution < -0.4 is 5.32 Å². The smallest absolute Gasteiger partial charge is 0.240 e. The second-order valence-electron chi connectivity index (χ2n) is 4.87. The Morgan fingerprint density at radius 2 is 2.37 bits per heavy atom. The number of nitrogens with one attached hydrogen (secondary N) is 1. The van der Waals surface area contributed by atoms with Crippen LogP contribution in [0.3, 0.4) is 0 Å². The number of carbonyl (C=O) groups excluding carboxylic acids is 1. The van der Waals surface area contributed by atoms with Crippen molar-refractivity contribution in [2.24, 2.45) is 0 Å². The predicted octanol–water partition coefficient (Wildman–Crippen LogP) is 1.54. The molecule has 0 aromatic carbocycles. The number of ether oxygens (including phenoxy) is 1. The van der Waals surface area contributed by atoms with Crippen LogP contribution in [0.4, 0.5) is 5.13 Å². The first kappa shape index (κ1) is 14.4. The van der Waals surface area contributed by atoms with Gasteiger partial charge in [-0.25, -0.2) is 4.98 Å². The van der Waals surface area contributed by atoms with Gasteiger partial charge >= 0.3 is 0 Å². The van der Waals surface area contributed by atoms with Gasteiger partial charge in [0.25, 0.3) is 0 Å². The molecule has 0 unspecified atom stereocenters. The number of aromatic nitrogens is 1. The molecule has 2 rings (SSSR count). The predicted molar refractivity (Wildman–Crippen MR) is 76.8 cm³/mol. The summed E-state index contributed by atoms with van der Waals surface area (Å²) >= 11 is 1.62. The topological polar surface area (TPSA) is 54.5 Å². The Labute approximate surface area is 118 Å². The Kier molecular flexibility index (Phi) is 5.30. The molecule has 1 aliphatic rings. The van der Waals surface area contributed by atoms with Gasteiger partial charge in [-0.15, -0.1) is 11.3 Å². The van der Waals surface area contributed by atoms with Crippen molar-refractivity contribution >= 4 is 22.4 Å². The van der Waals surface area contributed by atoms with Crippen LogP contribution in [-0.4, -0.2) is 49.6 Å². The molecule has 0 aliphatic heterocycles. The summed E-state index contributed by atoms with van der Waals surface area (Å²) < 4.78 is 4.99. The van der Waals surface area contributed by atoms with E-state index in [-0.39, 0.29) is 5.91 Å². The van der Waals surface area contributed by atoms with E-state index < -0.39 is 0 Å². The lowest BCUT2D eigenvalue weighted by Crippen LogP contribution is -2.31. The molecule has 0 radical (unpaired) electrons. The Balaban J connectivity index is 1.74. The molecule has 1 heterocycles. The molecule has 0 spiro atoms. The van der Waals surface area contributed by atoms with E-state index in [4.69, 9.17) is 4.74 Å². The van der Waals surface area contributed by atoms with E-state index in [9.17, 15) is 4.79 Å². The lowest BCUT2D eigenvalue weighted by Gasteiger charge is -2.15. The molecule has 1 N–H and O–H groups in total. The molecular weight excluding hydrogens is 262 g/mol. The lowest BCUT2D eigenvalue weighted by molar-refractivity contribution is -0.117. The summed E-state index contributed by atoms with van der Waals surface area (Å²) in [7, 11) is 3.63. The monoisotopic (exact) mass is 283 g/mol. The van der Waals surface area contributed by atoms with Gasteiger partial charge in [0.2, 0.25) is 5.91 Å². The zero-order valence-corrected chi connectivity index (χ0v) is 12.4. The molecule has 1 aliphatic carbocycles. The highest BCUT2D eigenvalue weighted by Gasteiger charge is 2.17. The fourth-order valence-corrected chi connectivity index (χ4v) is 3.27. The van der Waals surface area contributed by atoms with Crippen LogP contribution in [0.2, 0.25) is 0 Å². The van der Waals surface area contributed by atoms with Crippen molar-refractivity contribution in [1.29, 1.82) is 0 Å². The minimum Gasteiger partial charge on any atom is -0.385 e. The molecule has 19 heavy (non-hydrogen) atoms. The number of aryl methyl sites for hydroxylation is 2. The van der Waals surface area contributed by atoms with Crippen molar-refractivity contribution in [2.75, 3.05) is 39.2 Å². The zero-order valence-electron chi connectivity index (χ0n) is 11.6. The normalized spacial score (nSPS) is 13.8. The summed E-state index contributed by atoms with van der Waals surface area (Å²) in [5.74, 6) is 0.00680. The van der Waals surface area contributed by atoms with Crippen molar-refractivity contribution in [3.63, 3.8) is 0 Å². The number of likely N-dealkylation sites (N-methyl/N-ethyl adjacent to an activating group) is 1. The lowest BCUT2D eigenvalue weighted by atomic mass is 10.4. The summed E-state index contributed by atoms with van der Waals surface area (Å²) in [6, 6.07) is 0. The molecule has 5 nitrogen and oxygen atoms in total. The van der Waals surface area contributed by atoms with Crippen molar-refractivity contribution in [3.8, 4) is 0 Å². The number of carbonyl (C=O) groups is 1. The van der Waals surface area contributed by atoms with Crippen molar-refractivity contribution in [3.05, 3.63) is 10.6 Å². The van der Waals surface area contributed by atoms with Gasteiger partial charge in [-0.3, -0.25) is 9.69 Å². The minimum atomic E-state index is 0.00680. The van der Waals surface area contributed by atoms with E-state index in [2.05, 4.69) is 10.3 Å². The van der Waals surface area contributed by atoms with Gasteiger partial charge in [0.1, 0.15) is 0 Å². The molecule has 1 aromatic heterocycles. The number of rotatable bonds is 7. The first-order chi connectivity index (χ1) is 9.19. The highest BCUT2D eigenvalue weighted by atomic mass is 32.1. The average Bonchev–Trinajstić information content (AvgIpc) is 2.89. The SMILES string of the molecule is COCCCN(C)CC(=O)Nc1nc2c(s1)CCC2. The molecular formula is C13H21N3O2S. The number of amides is 1. The molecule has 6 heteroatoms. The van der Waals surface area contributed by atoms with Crippen LogP contribution in [0, 0.1) is 0 Å². The Morgan fingerprint density at radius 1 is 1.53 bits per heavy atom. The summed E-state index contributed by atoms with van der Waals surface area (Å²) in [6.07, 6.45) is 4.30. The van der Waals surface area contributed by atoms with Crippen molar-refractivity contribution in [2.45, 2.75) is 25.7 Å². The van der Waals surface area contributed by atoms with Crippen molar-refractivity contribution < 1.29 is 9.53 Å². The van der Waals surface area contributed by atoms with Gasteiger partial charge in [0.15, 0.2) is 5.13 Å². The van der Waals surface area contributed by atoms with Crippen LogP contribution in [0.15, 0.2) is 0 Å². The number of hydrogen-bond acceptors (Lipinski definition) is 5. The minimum absolute atomic E-state index is 0.00680. The van der Waals surface area contributed by atoms with Gasteiger partial charge in [-0.05, 0) is 32.7 Å². The Bertz CT molecular complexity index is 412. The maximum atomic E-state index is 11.9. The maximum absolute atomic E-state index is 11.9. The van der Waals surface area contributed by atoms with Gasteiger partial charge in [-0.1, -0.05) is 0 Å². The quantitative estimate of drug-likeness (QED) is 0.771. The van der Waals surface area contributed by atoms with E-state index in [0.29, 0.717) is 6.54 Å². The third-order valence-electron chi connectivity index (χ3n) is 3.14. The third-order valence-corrected chi connectivity index (χ3v) is 4.22. The van der Waals surface area contributed by atoms with Crippen molar-refractivity contribution in [1.82, 2.24) is 9.88 Å². The zero-order chi connectivity index (χ0) is 13.7. The van der Waals surface area contributed by atoms with Crippen LogP contribution in [0.1, 0.15) is 23.4 Å². The van der Waals surface area contributed by atoms with Gasteiger partial charge in [0.05, 0.1) is 12.2 Å². The highest BCUT2D eigenvalue weighted by Crippen LogP contribution is 2.30. The largest absolute Gasteiger partial charge is 0.385 e. The fourth-order valence-electron chi connectivity index (χ4n) is 2.21. The van der Waals surface area contributed by atoms with Crippen LogP contribution in [0.5, 0.6) is 0 Å². The van der Waals surface area contributed by atoms with E-state index in [0.717, 1.165) is 37.5 Å². The molecule has 0 fully saturated rings. The molecule has 0 bridgehead atoms. The van der Waals surface area contributed by atoms with E-state index in [1.807, 2.05) is 11.9 Å². The van der Waals surface area contributed by atoms with E-state index >= 15 is 0 Å². The highest BCUT2D eigenvalue weighted by molar-refractivity contribution is 7.15. The summed E-state index contributed by atoms with van der Waals surface area (Å²) in [6.45, 7) is 1.98. The summed E-state index contributed by atoms with van der Waals surface area (Å²) in [4.78, 5) is 19.7. The average molecular weight is 283 g/mol. The summed E-state index contributed by atoms with van der Waals surface area (Å²) in [5.41, 5.74) is 1.17. The fraction of sp³-hybridized carbons (Fsp3) is 0.692. The number of anilines is 1. The Hall–Kier alpha value is -0.980. The van der Waals surface area contributed by atoms with Crippen LogP contribution in [0.25, 0.3) is 0 Å². The molecule has 1 aromatic rings. The van der Waals surface area contributed by atoms with E-state index in [1.54, 1.807) is 18.4 Å². The molecule has 106 valence electrons. The number of nitrogens with zero attached hydrogens (tertiary/aromatic N) is 2. The molecule has 0 saturated heterocycles. The van der Waals surface area contributed by atoms with Gasteiger partial charge in [-0.2, -0.15) is 0 Å². The number of methoxy groups -OCH3 is 1. The number of fused-ring (bicyclic) bond motifs is 1. The Morgan fingerprint density at radius 3 is 3.11 bits per heavy atom. The maximum Gasteiger partial charge on any atom is 0.240 e.